The molecule has 0 saturated carbocycles. The summed E-state index contributed by atoms with van der Waals surface area (Å²) in [6.07, 6.45) is 3.26. The Labute approximate surface area is 91.8 Å². The highest BCUT2D eigenvalue weighted by molar-refractivity contribution is 5.85. The Morgan fingerprint density at radius 1 is 1.13 bits per heavy atom. The fourth-order valence-electron chi connectivity index (χ4n) is 1.04. The molecule has 0 aliphatic rings. The summed E-state index contributed by atoms with van der Waals surface area (Å²) in [5, 5.41) is 5.33. The number of carbonyl (C=O) groups excluding carboxylic acids is 2. The van der Waals surface area contributed by atoms with E-state index in [1.54, 1.807) is 13.8 Å². The predicted octanol–water partition coefficient (Wildman–Crippen LogP) is 1.06. The van der Waals surface area contributed by atoms with Crippen molar-refractivity contribution in [3.05, 3.63) is 0 Å². The molecule has 88 valence electrons. The highest BCUT2D eigenvalue weighted by Gasteiger charge is 2.07. The summed E-state index contributed by atoms with van der Waals surface area (Å²) in [6, 6.07) is 0. The molecule has 0 aromatic rings. The van der Waals surface area contributed by atoms with Gasteiger partial charge >= 0.3 is 0 Å². The molecule has 0 aromatic heterocycles. The minimum atomic E-state index is -0.111. The standard InChI is InChI=1S/C11H22N2O2/c1-4-5-6-7-12-10(14)8-13-11(15)9(2)3/h9H,4-8H2,1-3H3,(H,12,14)(H,13,15). The number of hydrogen-bond acceptors (Lipinski definition) is 2. The van der Waals surface area contributed by atoms with E-state index in [1.165, 1.54) is 0 Å². The molecule has 0 fully saturated rings. The van der Waals surface area contributed by atoms with Gasteiger partial charge in [-0.15, -0.1) is 0 Å². The van der Waals surface area contributed by atoms with Crippen LogP contribution in [0.2, 0.25) is 0 Å². The lowest BCUT2D eigenvalue weighted by atomic mass is 10.2. The number of carbonyl (C=O) groups is 2. The number of rotatable bonds is 7. The Hall–Kier alpha value is -1.06. The van der Waals surface area contributed by atoms with Crippen LogP contribution in [0.1, 0.15) is 40.0 Å². The first kappa shape index (κ1) is 13.9. The molecule has 15 heavy (non-hydrogen) atoms. The van der Waals surface area contributed by atoms with Gasteiger partial charge in [-0.05, 0) is 6.42 Å². The molecular weight excluding hydrogens is 192 g/mol. The van der Waals surface area contributed by atoms with Gasteiger partial charge in [-0.3, -0.25) is 9.59 Å². The fraction of sp³-hybridized carbons (Fsp3) is 0.818. The Morgan fingerprint density at radius 3 is 2.33 bits per heavy atom. The third-order valence-electron chi connectivity index (χ3n) is 2.05. The number of hydrogen-bond donors (Lipinski definition) is 2. The van der Waals surface area contributed by atoms with Crippen LogP contribution in [0.3, 0.4) is 0 Å². The molecule has 4 nitrogen and oxygen atoms in total. The van der Waals surface area contributed by atoms with Crippen molar-refractivity contribution in [1.82, 2.24) is 10.6 Å². The lowest BCUT2D eigenvalue weighted by Crippen LogP contribution is -2.38. The molecule has 2 amide bonds. The van der Waals surface area contributed by atoms with Gasteiger partial charge in [-0.2, -0.15) is 0 Å². The van der Waals surface area contributed by atoms with E-state index in [1.807, 2.05) is 0 Å². The highest BCUT2D eigenvalue weighted by Crippen LogP contribution is 1.91. The summed E-state index contributed by atoms with van der Waals surface area (Å²) in [7, 11) is 0. The molecule has 0 spiro atoms. The van der Waals surface area contributed by atoms with E-state index in [-0.39, 0.29) is 24.3 Å². The van der Waals surface area contributed by atoms with Crippen molar-refractivity contribution in [3.63, 3.8) is 0 Å². The number of unbranched alkanes of at least 4 members (excludes halogenated alkanes) is 2. The summed E-state index contributed by atoms with van der Waals surface area (Å²) in [5.74, 6) is -0.267. The zero-order valence-electron chi connectivity index (χ0n) is 9.93. The monoisotopic (exact) mass is 214 g/mol. The van der Waals surface area contributed by atoms with Crippen LogP contribution in [-0.4, -0.2) is 24.9 Å². The predicted molar refractivity (Wildman–Crippen MR) is 60.4 cm³/mol. The van der Waals surface area contributed by atoms with E-state index < -0.39 is 0 Å². The third kappa shape index (κ3) is 7.97. The second kappa shape index (κ2) is 8.26. The fourth-order valence-corrected chi connectivity index (χ4v) is 1.04. The van der Waals surface area contributed by atoms with Crippen molar-refractivity contribution >= 4 is 11.8 Å². The van der Waals surface area contributed by atoms with Crippen molar-refractivity contribution in [2.75, 3.05) is 13.1 Å². The summed E-state index contributed by atoms with van der Waals surface area (Å²) in [4.78, 5) is 22.3. The quantitative estimate of drug-likeness (QED) is 0.623. The molecule has 0 unspecified atom stereocenters. The Bertz CT molecular complexity index is 203. The second-order valence-electron chi connectivity index (χ2n) is 3.93. The van der Waals surface area contributed by atoms with Crippen molar-refractivity contribution in [1.29, 1.82) is 0 Å². The van der Waals surface area contributed by atoms with E-state index in [2.05, 4.69) is 17.6 Å². The first-order valence-electron chi connectivity index (χ1n) is 5.62. The average Bonchev–Trinajstić information content (AvgIpc) is 2.20. The van der Waals surface area contributed by atoms with Gasteiger partial charge < -0.3 is 10.6 Å². The SMILES string of the molecule is CCCCCNC(=O)CNC(=O)C(C)C. The second-order valence-corrected chi connectivity index (χ2v) is 3.93. The van der Waals surface area contributed by atoms with Crippen LogP contribution >= 0.6 is 0 Å². The van der Waals surface area contributed by atoms with Crippen LogP contribution in [-0.2, 0) is 9.59 Å². The maximum Gasteiger partial charge on any atom is 0.239 e. The summed E-state index contributed by atoms with van der Waals surface area (Å²) in [6.45, 7) is 6.50. The van der Waals surface area contributed by atoms with Crippen LogP contribution in [0, 0.1) is 5.92 Å². The molecule has 0 rings (SSSR count). The van der Waals surface area contributed by atoms with Gasteiger partial charge in [-0.25, -0.2) is 0 Å². The molecule has 0 bridgehead atoms. The van der Waals surface area contributed by atoms with E-state index in [4.69, 9.17) is 0 Å². The smallest absolute Gasteiger partial charge is 0.239 e. The average molecular weight is 214 g/mol. The van der Waals surface area contributed by atoms with Crippen LogP contribution < -0.4 is 10.6 Å². The zero-order chi connectivity index (χ0) is 11.7. The van der Waals surface area contributed by atoms with Gasteiger partial charge in [0.1, 0.15) is 0 Å². The van der Waals surface area contributed by atoms with Gasteiger partial charge in [0, 0.05) is 12.5 Å². The number of amides is 2. The third-order valence-corrected chi connectivity index (χ3v) is 2.05. The van der Waals surface area contributed by atoms with Crippen LogP contribution in [0.25, 0.3) is 0 Å². The van der Waals surface area contributed by atoms with Crippen molar-refractivity contribution in [3.8, 4) is 0 Å². The minimum Gasteiger partial charge on any atom is -0.355 e. The Balaban J connectivity index is 3.45. The molecule has 0 aliphatic carbocycles. The maximum atomic E-state index is 11.2. The van der Waals surface area contributed by atoms with E-state index >= 15 is 0 Å². The van der Waals surface area contributed by atoms with Gasteiger partial charge in [0.25, 0.3) is 0 Å². The topological polar surface area (TPSA) is 58.2 Å². The normalized spacial score (nSPS) is 10.1. The van der Waals surface area contributed by atoms with Crippen LogP contribution in [0.5, 0.6) is 0 Å². The maximum absolute atomic E-state index is 11.2. The first-order chi connectivity index (χ1) is 7.07. The van der Waals surface area contributed by atoms with Gasteiger partial charge in [0.15, 0.2) is 0 Å². The minimum absolute atomic E-state index is 0.0714. The van der Waals surface area contributed by atoms with Gasteiger partial charge in [-0.1, -0.05) is 33.6 Å². The summed E-state index contributed by atoms with van der Waals surface area (Å²) in [5.41, 5.74) is 0. The van der Waals surface area contributed by atoms with Crippen LogP contribution in [0.15, 0.2) is 0 Å². The molecular formula is C11H22N2O2. The molecule has 0 saturated heterocycles. The number of nitrogens with one attached hydrogen (secondary N) is 2. The zero-order valence-corrected chi connectivity index (χ0v) is 9.93. The molecule has 0 radical (unpaired) electrons. The van der Waals surface area contributed by atoms with E-state index in [9.17, 15) is 9.59 Å². The Morgan fingerprint density at radius 2 is 1.80 bits per heavy atom. The van der Waals surface area contributed by atoms with E-state index in [0.29, 0.717) is 6.54 Å². The molecule has 0 atom stereocenters. The van der Waals surface area contributed by atoms with Crippen molar-refractivity contribution < 1.29 is 9.59 Å². The lowest BCUT2D eigenvalue weighted by Gasteiger charge is -2.08. The molecule has 2 N–H and O–H groups in total. The molecule has 0 heterocycles. The van der Waals surface area contributed by atoms with Gasteiger partial charge in [0.2, 0.25) is 11.8 Å². The highest BCUT2D eigenvalue weighted by atomic mass is 16.2. The lowest BCUT2D eigenvalue weighted by molar-refractivity contribution is -0.127. The first-order valence-corrected chi connectivity index (χ1v) is 5.62. The van der Waals surface area contributed by atoms with Gasteiger partial charge in [0.05, 0.1) is 6.54 Å². The van der Waals surface area contributed by atoms with Crippen molar-refractivity contribution in [2.45, 2.75) is 40.0 Å². The molecule has 0 aliphatic heterocycles. The van der Waals surface area contributed by atoms with Crippen LogP contribution in [0.4, 0.5) is 0 Å². The van der Waals surface area contributed by atoms with E-state index in [0.717, 1.165) is 19.3 Å². The summed E-state index contributed by atoms with van der Waals surface area (Å²) < 4.78 is 0. The molecule has 4 heteroatoms. The van der Waals surface area contributed by atoms with Crippen molar-refractivity contribution in [2.24, 2.45) is 5.92 Å². The molecule has 0 aromatic carbocycles. The largest absolute Gasteiger partial charge is 0.355 e. The Kier molecular flexibility index (Phi) is 7.68. The summed E-state index contributed by atoms with van der Waals surface area (Å²) >= 11 is 0.